The van der Waals surface area contributed by atoms with Gasteiger partial charge < -0.3 is 20.1 Å². The number of carbonyl (C=O) groups excluding carboxylic acids is 3. The fraction of sp³-hybridized carbons (Fsp3) is 0.250. The number of para-hydroxylation sites is 1. The zero-order valence-corrected chi connectivity index (χ0v) is 15.5. The topological polar surface area (TPSA) is 97.0 Å². The maximum Gasteiger partial charge on any atom is 0.325 e. The molecule has 0 spiro atoms. The molecule has 150 valence electrons. The van der Waals surface area contributed by atoms with Crippen molar-refractivity contribution >= 4 is 23.5 Å². The van der Waals surface area contributed by atoms with Crippen molar-refractivity contribution in [3.8, 4) is 11.5 Å². The van der Waals surface area contributed by atoms with Crippen LogP contribution in [0.25, 0.3) is 0 Å². The summed E-state index contributed by atoms with van der Waals surface area (Å²) < 4.78 is 24.7. The predicted octanol–water partition coefficient (Wildman–Crippen LogP) is 2.00. The summed E-state index contributed by atoms with van der Waals surface area (Å²) in [5.41, 5.74) is -0.901. The lowest BCUT2D eigenvalue weighted by molar-refractivity contribution is -0.133. The maximum absolute atomic E-state index is 13.7. The number of nitrogens with zero attached hydrogens (tertiary/aromatic N) is 1. The third-order valence-electron chi connectivity index (χ3n) is 4.84. The second kappa shape index (κ2) is 7.08. The largest absolute Gasteiger partial charge is 0.486 e. The minimum Gasteiger partial charge on any atom is -0.486 e. The first-order chi connectivity index (χ1) is 13.9. The van der Waals surface area contributed by atoms with Crippen LogP contribution in [0, 0.1) is 5.82 Å². The van der Waals surface area contributed by atoms with E-state index in [0.29, 0.717) is 30.3 Å². The highest BCUT2D eigenvalue weighted by Gasteiger charge is 2.49. The summed E-state index contributed by atoms with van der Waals surface area (Å²) in [7, 11) is 0. The van der Waals surface area contributed by atoms with Crippen molar-refractivity contribution < 1.29 is 28.2 Å². The highest BCUT2D eigenvalue weighted by molar-refractivity contribution is 6.10. The first-order valence-electron chi connectivity index (χ1n) is 8.97. The van der Waals surface area contributed by atoms with Crippen molar-refractivity contribution in [3.05, 3.63) is 53.8 Å². The van der Waals surface area contributed by atoms with E-state index in [4.69, 9.17) is 9.47 Å². The van der Waals surface area contributed by atoms with Gasteiger partial charge in [-0.05, 0) is 36.8 Å². The Kier molecular flexibility index (Phi) is 4.57. The number of hydrogen-bond acceptors (Lipinski definition) is 5. The minimum absolute atomic E-state index is 0.0286. The van der Waals surface area contributed by atoms with Gasteiger partial charge in [-0.25, -0.2) is 9.18 Å². The quantitative estimate of drug-likeness (QED) is 0.767. The summed E-state index contributed by atoms with van der Waals surface area (Å²) in [4.78, 5) is 38.4. The Hall–Kier alpha value is -3.62. The van der Waals surface area contributed by atoms with Crippen molar-refractivity contribution in [1.29, 1.82) is 0 Å². The molecule has 2 heterocycles. The van der Waals surface area contributed by atoms with Gasteiger partial charge >= 0.3 is 6.03 Å². The van der Waals surface area contributed by atoms with Crippen molar-refractivity contribution in [2.24, 2.45) is 0 Å². The second-order valence-corrected chi connectivity index (χ2v) is 6.83. The summed E-state index contributed by atoms with van der Waals surface area (Å²) in [6.07, 6.45) is 0. The number of rotatable bonds is 4. The molecule has 1 saturated heterocycles. The van der Waals surface area contributed by atoms with Crippen LogP contribution in [0.15, 0.2) is 42.5 Å². The molecule has 0 aliphatic carbocycles. The van der Waals surface area contributed by atoms with Crippen molar-refractivity contribution in [2.45, 2.75) is 12.5 Å². The van der Waals surface area contributed by atoms with Gasteiger partial charge in [0, 0.05) is 0 Å². The molecule has 4 rings (SSSR count). The molecule has 29 heavy (non-hydrogen) atoms. The van der Waals surface area contributed by atoms with E-state index in [-0.39, 0.29) is 5.69 Å². The molecule has 1 fully saturated rings. The first-order valence-corrected chi connectivity index (χ1v) is 8.97. The van der Waals surface area contributed by atoms with Crippen LogP contribution in [0.2, 0.25) is 0 Å². The third kappa shape index (κ3) is 3.35. The number of carbonyl (C=O) groups is 3. The fourth-order valence-corrected chi connectivity index (χ4v) is 3.29. The second-order valence-electron chi connectivity index (χ2n) is 6.83. The first kappa shape index (κ1) is 18.7. The Morgan fingerprint density at radius 2 is 1.90 bits per heavy atom. The maximum atomic E-state index is 13.7. The van der Waals surface area contributed by atoms with Crippen LogP contribution in [-0.2, 0) is 15.1 Å². The number of halogens is 1. The van der Waals surface area contributed by atoms with Gasteiger partial charge in [-0.3, -0.25) is 14.5 Å². The standard InChI is InChI=1S/C20H18FN3O5/c1-20(12-6-7-15-16(10-12)29-9-8-28-15)18(26)24(19(27)23-20)11-17(25)22-14-5-3-2-4-13(14)21/h2-7,10H,8-9,11H2,1H3,(H,22,25)(H,23,27)/t20-/m1/s1. The summed E-state index contributed by atoms with van der Waals surface area (Å²) in [6.45, 7) is 1.83. The van der Waals surface area contributed by atoms with E-state index in [1.165, 1.54) is 18.2 Å². The van der Waals surface area contributed by atoms with Gasteiger partial charge in [0.2, 0.25) is 5.91 Å². The summed E-state index contributed by atoms with van der Waals surface area (Å²) in [6, 6.07) is 9.88. The van der Waals surface area contributed by atoms with Crippen LogP contribution in [-0.4, -0.2) is 42.5 Å². The van der Waals surface area contributed by atoms with Gasteiger partial charge in [-0.15, -0.1) is 0 Å². The van der Waals surface area contributed by atoms with Gasteiger partial charge in [0.25, 0.3) is 5.91 Å². The number of nitrogens with one attached hydrogen (secondary N) is 2. The molecular weight excluding hydrogens is 381 g/mol. The number of fused-ring (bicyclic) bond motifs is 1. The highest BCUT2D eigenvalue weighted by atomic mass is 19.1. The highest BCUT2D eigenvalue weighted by Crippen LogP contribution is 2.36. The summed E-state index contributed by atoms with van der Waals surface area (Å²) in [5.74, 6) is -0.860. The lowest BCUT2D eigenvalue weighted by Gasteiger charge is -2.25. The van der Waals surface area contributed by atoms with E-state index in [2.05, 4.69) is 10.6 Å². The Morgan fingerprint density at radius 1 is 1.17 bits per heavy atom. The molecule has 0 saturated carbocycles. The number of hydrogen-bond donors (Lipinski definition) is 2. The lowest BCUT2D eigenvalue weighted by atomic mass is 9.91. The lowest BCUT2D eigenvalue weighted by Crippen LogP contribution is -2.42. The smallest absolute Gasteiger partial charge is 0.325 e. The average molecular weight is 399 g/mol. The van der Waals surface area contributed by atoms with E-state index < -0.39 is 35.7 Å². The molecule has 9 heteroatoms. The normalized spacial score (nSPS) is 20.4. The van der Waals surface area contributed by atoms with Crippen LogP contribution in [0.3, 0.4) is 0 Å². The number of urea groups is 1. The predicted molar refractivity (Wildman–Crippen MR) is 100 cm³/mol. The molecular formula is C20H18FN3O5. The van der Waals surface area contributed by atoms with Crippen LogP contribution in [0.1, 0.15) is 12.5 Å². The monoisotopic (exact) mass is 399 g/mol. The molecule has 4 amide bonds. The zero-order valence-electron chi connectivity index (χ0n) is 15.5. The van der Waals surface area contributed by atoms with Gasteiger partial charge in [0.1, 0.15) is 31.1 Å². The van der Waals surface area contributed by atoms with Crippen LogP contribution < -0.4 is 20.1 Å². The number of benzene rings is 2. The Morgan fingerprint density at radius 3 is 2.66 bits per heavy atom. The minimum atomic E-state index is -1.37. The molecule has 0 bridgehead atoms. The van der Waals surface area contributed by atoms with Crippen molar-refractivity contribution in [1.82, 2.24) is 10.2 Å². The molecule has 8 nitrogen and oxygen atoms in total. The summed E-state index contributed by atoms with van der Waals surface area (Å²) in [5, 5.41) is 4.98. The SMILES string of the molecule is C[C@]1(c2ccc3c(c2)OCCO3)NC(=O)N(CC(=O)Nc2ccccc2F)C1=O. The van der Waals surface area contributed by atoms with Gasteiger partial charge in [-0.2, -0.15) is 0 Å². The number of imide groups is 1. The number of amides is 4. The van der Waals surface area contributed by atoms with Gasteiger partial charge in [0.05, 0.1) is 5.69 Å². The number of ether oxygens (including phenoxy) is 2. The molecule has 2 N–H and O–H groups in total. The van der Waals surface area contributed by atoms with E-state index in [0.717, 1.165) is 4.90 Å². The van der Waals surface area contributed by atoms with Crippen LogP contribution in [0.5, 0.6) is 11.5 Å². The number of anilines is 1. The fourth-order valence-electron chi connectivity index (χ4n) is 3.29. The zero-order chi connectivity index (χ0) is 20.6. The molecule has 2 aromatic carbocycles. The van der Waals surface area contributed by atoms with E-state index in [1.807, 2.05) is 0 Å². The van der Waals surface area contributed by atoms with E-state index in [1.54, 1.807) is 31.2 Å². The van der Waals surface area contributed by atoms with Gasteiger partial charge in [0.15, 0.2) is 11.5 Å². The Balaban J connectivity index is 1.52. The molecule has 1 atom stereocenters. The molecule has 0 aromatic heterocycles. The van der Waals surface area contributed by atoms with Crippen molar-refractivity contribution in [3.63, 3.8) is 0 Å². The van der Waals surface area contributed by atoms with Gasteiger partial charge in [-0.1, -0.05) is 18.2 Å². The Bertz CT molecular complexity index is 1010. The molecule has 2 aliphatic heterocycles. The third-order valence-corrected chi connectivity index (χ3v) is 4.84. The Labute approximate surface area is 165 Å². The van der Waals surface area contributed by atoms with E-state index >= 15 is 0 Å². The molecule has 2 aromatic rings. The molecule has 2 aliphatic rings. The summed E-state index contributed by atoms with van der Waals surface area (Å²) >= 11 is 0. The van der Waals surface area contributed by atoms with Crippen LogP contribution in [0.4, 0.5) is 14.9 Å². The molecule has 0 unspecified atom stereocenters. The molecule has 0 radical (unpaired) electrons. The van der Waals surface area contributed by atoms with E-state index in [9.17, 15) is 18.8 Å². The van der Waals surface area contributed by atoms with Crippen LogP contribution >= 0.6 is 0 Å². The van der Waals surface area contributed by atoms with Crippen molar-refractivity contribution in [2.75, 3.05) is 25.1 Å². The average Bonchev–Trinajstić information content (AvgIpc) is 2.93.